The Labute approximate surface area is 189 Å². The number of ether oxygens (including phenoxy) is 1. The monoisotopic (exact) mass is 511 g/mol. The zero-order chi connectivity index (χ0) is 21.2. The molecule has 0 saturated carbocycles. The van der Waals surface area contributed by atoms with Gasteiger partial charge in [-0.05, 0) is 24.6 Å². The van der Waals surface area contributed by atoms with Gasteiger partial charge < -0.3 is 25.8 Å². The molecule has 0 heterocycles. The van der Waals surface area contributed by atoms with Crippen LogP contribution in [0.5, 0.6) is 0 Å². The first-order chi connectivity index (χ1) is 13.2. The predicted molar refractivity (Wildman–Crippen MR) is 118 cm³/mol. The first-order valence-corrected chi connectivity index (χ1v) is 9.08. The third-order valence-electron chi connectivity index (χ3n) is 4.35. The summed E-state index contributed by atoms with van der Waals surface area (Å²) in [5, 5.41) is 25.0. The third-order valence-corrected chi connectivity index (χ3v) is 4.35. The molecule has 0 aromatic heterocycles. The molecule has 0 bridgehead atoms. The van der Waals surface area contributed by atoms with E-state index in [4.69, 9.17) is 25.8 Å². The van der Waals surface area contributed by atoms with Gasteiger partial charge in [0.1, 0.15) is 6.61 Å². The summed E-state index contributed by atoms with van der Waals surface area (Å²) in [4.78, 5) is 12.0. The molecule has 0 unspecified atom stereocenters. The number of carbonyl (C=O) groups excluding carboxylic acids is 1. The van der Waals surface area contributed by atoms with Crippen molar-refractivity contribution in [1.29, 1.82) is 0 Å². The van der Waals surface area contributed by atoms with Gasteiger partial charge in [-0.3, -0.25) is 0 Å². The fourth-order valence-electron chi connectivity index (χ4n) is 2.14. The van der Waals surface area contributed by atoms with Crippen LogP contribution in [0.2, 0.25) is 0 Å². The van der Waals surface area contributed by atoms with E-state index < -0.39 is 25.4 Å². The summed E-state index contributed by atoms with van der Waals surface area (Å²) in [5.41, 5.74) is 6.64. The fraction of sp³-hybridized carbons (Fsp3) is 0.409. The maximum absolute atomic E-state index is 12.0. The van der Waals surface area contributed by atoms with Gasteiger partial charge in [0.15, 0.2) is 0 Å². The summed E-state index contributed by atoms with van der Waals surface area (Å²) >= 11 is 0. The normalized spacial score (nSPS) is 11.0. The molecule has 29 heavy (non-hydrogen) atoms. The zero-order valence-corrected chi connectivity index (χ0v) is 21.5. The molecule has 2 aromatic carbocycles. The number of hydrogen-bond donors (Lipinski definition) is 4. The van der Waals surface area contributed by atoms with Crippen LogP contribution in [0.15, 0.2) is 54.6 Å². The van der Waals surface area contributed by atoms with E-state index >= 15 is 0 Å². The predicted octanol–water partition coefficient (Wildman–Crippen LogP) is 0.874. The van der Waals surface area contributed by atoms with Gasteiger partial charge in [0.25, 0.3) is 0 Å². The minimum atomic E-state index is -1.21. The van der Waals surface area contributed by atoms with E-state index in [0.717, 1.165) is 11.1 Å². The van der Waals surface area contributed by atoms with Gasteiger partial charge in [0.05, 0.1) is 30.9 Å². The first kappa shape index (κ1) is 27.5. The van der Waals surface area contributed by atoms with Crippen molar-refractivity contribution in [3.8, 4) is 0 Å². The van der Waals surface area contributed by atoms with Crippen molar-refractivity contribution in [1.82, 2.24) is 0 Å². The van der Waals surface area contributed by atoms with Crippen molar-refractivity contribution in [3.05, 3.63) is 71.3 Å². The number of aliphatic hydroxyl groups is 3. The van der Waals surface area contributed by atoms with Crippen LogP contribution in [0.3, 0.4) is 0 Å². The summed E-state index contributed by atoms with van der Waals surface area (Å²) in [6.45, 7) is 5.30. The number of hydrogen-bond acceptors (Lipinski definition) is 6. The number of esters is 1. The number of aryl methyl sites for hydroxylation is 1. The Hall–Kier alpha value is -1.45. The maximum atomic E-state index is 12.0. The molecule has 7 heteroatoms. The van der Waals surface area contributed by atoms with Gasteiger partial charge in [0.2, 0.25) is 0 Å². The topological polar surface area (TPSA) is 113 Å². The summed E-state index contributed by atoms with van der Waals surface area (Å²) in [6.07, 6.45) is 0. The summed E-state index contributed by atoms with van der Waals surface area (Å²) in [5.74, 6) is -0.269. The van der Waals surface area contributed by atoms with Gasteiger partial charge >= 0.3 is 29.9 Å². The SMILES string of the molecule is Cc1ccc(C(=O)OCC(C)(C)c2ccccc2)cc1.NC(CO)(CO)CO.[SnH2]. The van der Waals surface area contributed by atoms with Crippen LogP contribution in [0.25, 0.3) is 0 Å². The van der Waals surface area contributed by atoms with Crippen molar-refractivity contribution < 1.29 is 24.9 Å². The molecule has 0 aliphatic rings. The molecule has 0 aliphatic carbocycles. The number of rotatable bonds is 7. The van der Waals surface area contributed by atoms with Gasteiger partial charge in [-0.15, -0.1) is 0 Å². The van der Waals surface area contributed by atoms with Crippen LogP contribution in [-0.4, -0.2) is 77.2 Å². The Balaban J connectivity index is 0.000000747. The Bertz CT molecular complexity index is 707. The van der Waals surface area contributed by atoms with Gasteiger partial charge in [-0.2, -0.15) is 0 Å². The van der Waals surface area contributed by atoms with Crippen LogP contribution < -0.4 is 5.73 Å². The second-order valence-electron chi connectivity index (χ2n) is 7.53. The molecule has 6 nitrogen and oxygen atoms in total. The zero-order valence-electron chi connectivity index (χ0n) is 17.5. The number of aliphatic hydroxyl groups excluding tert-OH is 3. The molecule has 2 rings (SSSR count). The Morgan fingerprint density at radius 2 is 1.41 bits per heavy atom. The molecule has 0 amide bonds. The van der Waals surface area contributed by atoms with Crippen molar-refractivity contribution in [2.24, 2.45) is 5.73 Å². The molecule has 5 N–H and O–H groups in total. The Morgan fingerprint density at radius 1 is 0.931 bits per heavy atom. The first-order valence-electron chi connectivity index (χ1n) is 9.08. The molecule has 0 fully saturated rings. The second-order valence-corrected chi connectivity index (χ2v) is 7.53. The van der Waals surface area contributed by atoms with Crippen LogP contribution in [-0.2, 0) is 10.2 Å². The molecule has 0 atom stereocenters. The van der Waals surface area contributed by atoms with Crippen molar-refractivity contribution in [2.75, 3.05) is 26.4 Å². The van der Waals surface area contributed by atoms with E-state index in [-0.39, 0.29) is 35.3 Å². The number of benzene rings is 2. The van der Waals surface area contributed by atoms with E-state index in [9.17, 15) is 4.79 Å². The molecule has 0 saturated heterocycles. The van der Waals surface area contributed by atoms with E-state index in [1.165, 1.54) is 0 Å². The van der Waals surface area contributed by atoms with Crippen LogP contribution in [0.1, 0.15) is 35.3 Å². The van der Waals surface area contributed by atoms with E-state index in [0.29, 0.717) is 12.2 Å². The van der Waals surface area contributed by atoms with Gasteiger partial charge in [-0.1, -0.05) is 61.9 Å². The minimum absolute atomic E-state index is 0. The van der Waals surface area contributed by atoms with Crippen LogP contribution >= 0.6 is 0 Å². The Kier molecular flexibility index (Phi) is 12.3. The Morgan fingerprint density at radius 3 is 1.83 bits per heavy atom. The van der Waals surface area contributed by atoms with E-state index in [2.05, 4.69) is 26.0 Å². The third kappa shape index (κ3) is 9.27. The second kappa shape index (κ2) is 13.0. The van der Waals surface area contributed by atoms with Gasteiger partial charge in [-0.25, -0.2) is 4.79 Å². The molecule has 0 spiro atoms. The van der Waals surface area contributed by atoms with Crippen molar-refractivity contribution in [2.45, 2.75) is 31.7 Å². The molecule has 0 aliphatic heterocycles. The van der Waals surface area contributed by atoms with Crippen LogP contribution in [0.4, 0.5) is 0 Å². The average Bonchev–Trinajstić information content (AvgIpc) is 2.73. The fourth-order valence-corrected chi connectivity index (χ4v) is 2.14. The molecular weight excluding hydrogens is 477 g/mol. The van der Waals surface area contributed by atoms with E-state index in [1.54, 1.807) is 12.1 Å². The van der Waals surface area contributed by atoms with E-state index in [1.807, 2.05) is 37.3 Å². The van der Waals surface area contributed by atoms with Crippen molar-refractivity contribution >= 4 is 29.9 Å². The molecule has 160 valence electrons. The molecule has 2 radical (unpaired) electrons. The average molecular weight is 510 g/mol. The summed E-state index contributed by atoms with van der Waals surface area (Å²) in [6, 6.07) is 17.5. The summed E-state index contributed by atoms with van der Waals surface area (Å²) < 4.78 is 5.45. The molecule has 2 aromatic rings. The summed E-state index contributed by atoms with van der Waals surface area (Å²) in [7, 11) is 0. The van der Waals surface area contributed by atoms with Crippen LogP contribution in [0, 0.1) is 6.92 Å². The quantitative estimate of drug-likeness (QED) is 0.325. The standard InChI is InChI=1S/C18H20O2.C4H11NO3.Sn.2H/c1-14-9-11-15(12-10-14)17(19)20-13-18(2,3)16-7-5-4-6-8-16;5-4(1-6,2-7)3-8;;;/h4-12H,13H2,1-3H3;6-8H,1-3,5H2;;;. The molecular formula is C22H33NO5Sn. The number of carbonyl (C=O) groups is 1. The van der Waals surface area contributed by atoms with Crippen molar-refractivity contribution in [3.63, 3.8) is 0 Å². The van der Waals surface area contributed by atoms with Gasteiger partial charge in [0, 0.05) is 5.41 Å². The number of nitrogens with two attached hydrogens (primary N) is 1.